The van der Waals surface area contributed by atoms with Gasteiger partial charge in [0.05, 0.1) is 16.8 Å². The number of amides is 1. The van der Waals surface area contributed by atoms with Gasteiger partial charge in [-0.15, -0.1) is 24.8 Å². The Morgan fingerprint density at radius 3 is 2.57 bits per heavy atom. The number of pyridine rings is 1. The van der Waals surface area contributed by atoms with Crippen molar-refractivity contribution < 1.29 is 14.3 Å². The van der Waals surface area contributed by atoms with E-state index in [1.165, 1.54) is 0 Å². The Morgan fingerprint density at radius 2 is 1.80 bits per heavy atom. The molecule has 0 atom stereocenters. The number of fused-ring (bicyclic) bond motifs is 2. The number of aromatic nitrogens is 1. The maximum absolute atomic E-state index is 13.1. The van der Waals surface area contributed by atoms with Crippen LogP contribution in [0.5, 0.6) is 11.5 Å². The van der Waals surface area contributed by atoms with Crippen LogP contribution in [0.4, 0.5) is 0 Å². The molecule has 0 saturated carbocycles. The molecule has 0 aliphatic carbocycles. The van der Waals surface area contributed by atoms with E-state index in [0.717, 1.165) is 34.5 Å². The van der Waals surface area contributed by atoms with E-state index in [-0.39, 0.29) is 30.7 Å². The van der Waals surface area contributed by atoms with Crippen molar-refractivity contribution in [3.63, 3.8) is 0 Å². The number of para-hydroxylation sites is 1. The fourth-order valence-electron chi connectivity index (χ4n) is 3.29. The van der Waals surface area contributed by atoms with Crippen molar-refractivity contribution in [1.29, 1.82) is 0 Å². The molecule has 2 aromatic carbocycles. The molecule has 1 aliphatic rings. The molecule has 8 heteroatoms. The minimum Gasteiger partial charge on any atom is -0.486 e. The summed E-state index contributed by atoms with van der Waals surface area (Å²) in [5.41, 5.74) is 3.07. The van der Waals surface area contributed by atoms with Crippen molar-refractivity contribution in [1.82, 2.24) is 15.2 Å². The van der Waals surface area contributed by atoms with Gasteiger partial charge in [-0.3, -0.25) is 4.79 Å². The number of nitrogens with one attached hydrogen (secondary N) is 1. The fraction of sp³-hybridized carbons (Fsp3) is 0.273. The second-order valence-electron chi connectivity index (χ2n) is 6.76. The molecule has 160 valence electrons. The third-order valence-electron chi connectivity index (χ3n) is 4.83. The monoisotopic (exact) mass is 449 g/mol. The molecule has 0 radical (unpaired) electrons. The summed E-state index contributed by atoms with van der Waals surface area (Å²) in [6, 6.07) is 15.4. The highest BCUT2D eigenvalue weighted by molar-refractivity contribution is 6.07. The van der Waals surface area contributed by atoms with Crippen LogP contribution in [0.2, 0.25) is 0 Å². The highest BCUT2D eigenvalue weighted by atomic mass is 35.5. The SMILES string of the molecule is CNCCN(C)C(=O)c1cc(-c2ccc3c(c2)OCCO3)nc2ccccc12.Cl.Cl. The quantitative estimate of drug-likeness (QED) is 0.641. The van der Waals surface area contributed by atoms with E-state index in [0.29, 0.717) is 31.1 Å². The Morgan fingerprint density at radius 1 is 1.07 bits per heavy atom. The minimum atomic E-state index is -0.0207. The molecule has 0 unspecified atom stereocenters. The maximum atomic E-state index is 13.1. The summed E-state index contributed by atoms with van der Waals surface area (Å²) in [6.07, 6.45) is 0. The Balaban J connectivity index is 0.00000160. The molecular weight excluding hydrogens is 425 g/mol. The van der Waals surface area contributed by atoms with Gasteiger partial charge in [0.25, 0.3) is 5.91 Å². The molecule has 1 N–H and O–H groups in total. The number of hydrogen-bond acceptors (Lipinski definition) is 5. The lowest BCUT2D eigenvalue weighted by Gasteiger charge is -2.20. The van der Waals surface area contributed by atoms with Gasteiger partial charge < -0.3 is 19.7 Å². The molecule has 2 heterocycles. The minimum absolute atomic E-state index is 0. The van der Waals surface area contributed by atoms with Crippen LogP contribution in [0.3, 0.4) is 0 Å². The van der Waals surface area contributed by atoms with E-state index in [9.17, 15) is 4.79 Å². The highest BCUT2D eigenvalue weighted by Crippen LogP contribution is 2.35. The number of rotatable bonds is 5. The number of nitrogens with zero attached hydrogens (tertiary/aromatic N) is 2. The van der Waals surface area contributed by atoms with E-state index >= 15 is 0 Å². The van der Waals surface area contributed by atoms with Crippen LogP contribution in [-0.2, 0) is 0 Å². The van der Waals surface area contributed by atoms with E-state index in [4.69, 9.17) is 14.5 Å². The van der Waals surface area contributed by atoms with E-state index in [1.54, 1.807) is 4.90 Å². The standard InChI is InChI=1S/C22H23N3O3.2ClH/c1-23-9-10-25(2)22(26)17-14-19(24-18-6-4-3-5-16(17)18)15-7-8-20-21(13-15)28-12-11-27-20;;/h3-8,13-14,23H,9-12H2,1-2H3;2*1H. The number of carbonyl (C=O) groups excluding carboxylic acids is 1. The first-order valence-corrected chi connectivity index (χ1v) is 9.37. The number of hydrogen-bond donors (Lipinski definition) is 1. The van der Waals surface area contributed by atoms with Crippen LogP contribution >= 0.6 is 24.8 Å². The summed E-state index contributed by atoms with van der Waals surface area (Å²) in [5.74, 6) is 1.42. The molecule has 0 fully saturated rings. The third-order valence-corrected chi connectivity index (χ3v) is 4.83. The van der Waals surface area contributed by atoms with Crippen molar-refractivity contribution in [2.45, 2.75) is 0 Å². The molecule has 0 spiro atoms. The van der Waals surface area contributed by atoms with Crippen LogP contribution in [0, 0.1) is 0 Å². The molecule has 1 aliphatic heterocycles. The zero-order chi connectivity index (χ0) is 19.5. The highest BCUT2D eigenvalue weighted by Gasteiger charge is 2.18. The van der Waals surface area contributed by atoms with Crippen LogP contribution in [0.1, 0.15) is 10.4 Å². The Labute approximate surface area is 188 Å². The number of ether oxygens (including phenoxy) is 2. The van der Waals surface area contributed by atoms with Gasteiger partial charge in [-0.2, -0.15) is 0 Å². The first kappa shape index (κ1) is 23.7. The Hall–Kier alpha value is -2.54. The molecule has 0 saturated heterocycles. The lowest BCUT2D eigenvalue weighted by atomic mass is 10.0. The zero-order valence-corrected chi connectivity index (χ0v) is 18.5. The summed E-state index contributed by atoms with van der Waals surface area (Å²) >= 11 is 0. The largest absolute Gasteiger partial charge is 0.486 e. The molecule has 4 rings (SSSR count). The lowest BCUT2D eigenvalue weighted by Crippen LogP contribution is -2.33. The maximum Gasteiger partial charge on any atom is 0.254 e. The van der Waals surface area contributed by atoms with Crippen molar-refractivity contribution >= 4 is 41.6 Å². The van der Waals surface area contributed by atoms with E-state index in [1.807, 2.05) is 62.6 Å². The van der Waals surface area contributed by atoms with Crippen molar-refractivity contribution in [3.8, 4) is 22.8 Å². The first-order valence-electron chi connectivity index (χ1n) is 9.37. The topological polar surface area (TPSA) is 63.7 Å². The number of benzene rings is 2. The second-order valence-corrected chi connectivity index (χ2v) is 6.76. The summed E-state index contributed by atoms with van der Waals surface area (Å²) in [4.78, 5) is 19.6. The fourth-order valence-corrected chi connectivity index (χ4v) is 3.29. The number of carbonyl (C=O) groups is 1. The predicted octanol–water partition coefficient (Wildman–Crippen LogP) is 3.81. The Kier molecular flexibility index (Phi) is 8.29. The first-order chi connectivity index (χ1) is 13.7. The second kappa shape index (κ2) is 10.5. The average molecular weight is 450 g/mol. The summed E-state index contributed by atoms with van der Waals surface area (Å²) in [5, 5.41) is 3.93. The van der Waals surface area contributed by atoms with E-state index < -0.39 is 0 Å². The summed E-state index contributed by atoms with van der Waals surface area (Å²) in [6.45, 7) is 2.45. The smallest absolute Gasteiger partial charge is 0.254 e. The van der Waals surface area contributed by atoms with Crippen molar-refractivity contribution in [2.24, 2.45) is 0 Å². The van der Waals surface area contributed by atoms with Gasteiger partial charge in [-0.05, 0) is 37.4 Å². The Bertz CT molecular complexity index is 1030. The van der Waals surface area contributed by atoms with E-state index in [2.05, 4.69) is 5.32 Å². The molecule has 30 heavy (non-hydrogen) atoms. The molecule has 1 aromatic heterocycles. The zero-order valence-electron chi connectivity index (χ0n) is 16.9. The average Bonchev–Trinajstić information content (AvgIpc) is 2.75. The van der Waals surface area contributed by atoms with Gasteiger partial charge in [-0.25, -0.2) is 4.98 Å². The van der Waals surface area contributed by atoms with Gasteiger partial charge >= 0.3 is 0 Å². The molecular formula is C22H25Cl2N3O3. The summed E-state index contributed by atoms with van der Waals surface area (Å²) in [7, 11) is 3.69. The number of halogens is 2. The van der Waals surface area contributed by atoms with Gasteiger partial charge in [0.2, 0.25) is 0 Å². The molecule has 3 aromatic rings. The van der Waals surface area contributed by atoms with Gasteiger partial charge in [-0.1, -0.05) is 18.2 Å². The third kappa shape index (κ3) is 4.78. The molecule has 6 nitrogen and oxygen atoms in total. The van der Waals surface area contributed by atoms with Gasteiger partial charge in [0.15, 0.2) is 11.5 Å². The normalized spacial score (nSPS) is 11.9. The van der Waals surface area contributed by atoms with Crippen LogP contribution in [0.25, 0.3) is 22.2 Å². The molecule has 0 bridgehead atoms. The van der Waals surface area contributed by atoms with Gasteiger partial charge in [0, 0.05) is 31.1 Å². The van der Waals surface area contributed by atoms with Gasteiger partial charge in [0.1, 0.15) is 13.2 Å². The molecule has 1 amide bonds. The van der Waals surface area contributed by atoms with Crippen LogP contribution in [-0.4, -0.2) is 56.2 Å². The number of likely N-dealkylation sites (N-methyl/N-ethyl adjacent to an activating group) is 2. The summed E-state index contributed by atoms with van der Waals surface area (Å²) < 4.78 is 11.3. The van der Waals surface area contributed by atoms with Crippen molar-refractivity contribution in [3.05, 3.63) is 54.1 Å². The van der Waals surface area contributed by atoms with Crippen LogP contribution < -0.4 is 14.8 Å². The lowest BCUT2D eigenvalue weighted by molar-refractivity contribution is 0.0798. The van der Waals surface area contributed by atoms with Crippen molar-refractivity contribution in [2.75, 3.05) is 40.4 Å². The predicted molar refractivity (Wildman–Crippen MR) is 124 cm³/mol. The van der Waals surface area contributed by atoms with Crippen LogP contribution in [0.15, 0.2) is 48.5 Å².